The van der Waals surface area contributed by atoms with Crippen LogP contribution < -0.4 is 11.5 Å². The summed E-state index contributed by atoms with van der Waals surface area (Å²) >= 11 is 0. The summed E-state index contributed by atoms with van der Waals surface area (Å²) in [7, 11) is 0. The minimum atomic E-state index is -0.00157. The minimum Gasteiger partial charge on any atom is -0.398 e. The topological polar surface area (TPSA) is 69.1 Å². The average Bonchev–Trinajstić information content (AvgIpc) is 2.46. The van der Waals surface area contributed by atoms with Crippen molar-refractivity contribution in [2.24, 2.45) is 0 Å². The second kappa shape index (κ2) is 5.78. The lowest BCUT2D eigenvalue weighted by Crippen LogP contribution is -2.11. The Hall–Kier alpha value is -2.29. The molecule has 3 heteroatoms. The number of rotatable bonds is 4. The molecule has 0 saturated heterocycles. The normalized spacial score (nSPS) is 10.5. The van der Waals surface area contributed by atoms with Gasteiger partial charge >= 0.3 is 0 Å². The summed E-state index contributed by atoms with van der Waals surface area (Å²) in [4.78, 5) is 12.8. The van der Waals surface area contributed by atoms with Gasteiger partial charge in [0.05, 0.1) is 0 Å². The second-order valence-electron chi connectivity index (χ2n) is 4.78. The van der Waals surface area contributed by atoms with Crippen molar-refractivity contribution >= 4 is 17.2 Å². The van der Waals surface area contributed by atoms with Crippen molar-refractivity contribution < 1.29 is 4.79 Å². The number of hydrogen-bond donors (Lipinski definition) is 2. The second-order valence-corrected chi connectivity index (χ2v) is 4.78. The van der Waals surface area contributed by atoms with Crippen molar-refractivity contribution in [2.45, 2.75) is 26.7 Å². The van der Waals surface area contributed by atoms with Crippen LogP contribution in [0.25, 0.3) is 0 Å². The van der Waals surface area contributed by atoms with Crippen molar-refractivity contribution in [2.75, 3.05) is 11.5 Å². The maximum absolute atomic E-state index is 12.8. The van der Waals surface area contributed by atoms with Crippen LogP contribution >= 0.6 is 0 Å². The molecule has 0 radical (unpaired) electrons. The number of carbonyl (C=O) groups excluding carboxylic acids is 1. The highest BCUT2D eigenvalue weighted by molar-refractivity contribution is 6.12. The lowest BCUT2D eigenvalue weighted by Gasteiger charge is -2.13. The molecule has 0 bridgehead atoms. The van der Waals surface area contributed by atoms with E-state index >= 15 is 0 Å². The fraction of sp³-hybridized carbons (Fsp3) is 0.235. The first-order valence-electron chi connectivity index (χ1n) is 6.89. The molecule has 2 aromatic rings. The molecule has 0 saturated carbocycles. The van der Waals surface area contributed by atoms with Gasteiger partial charge in [0.15, 0.2) is 5.78 Å². The van der Waals surface area contributed by atoms with Gasteiger partial charge in [-0.2, -0.15) is 0 Å². The molecule has 0 amide bonds. The SMILES string of the molecule is CCc1c(N)cccc1C(=O)c1cccc(N)c1CC. The Morgan fingerprint density at radius 1 is 0.850 bits per heavy atom. The van der Waals surface area contributed by atoms with Gasteiger partial charge in [0.25, 0.3) is 0 Å². The number of nitrogens with two attached hydrogens (primary N) is 2. The van der Waals surface area contributed by atoms with E-state index in [0.29, 0.717) is 22.5 Å². The Balaban J connectivity index is 2.58. The highest BCUT2D eigenvalue weighted by Crippen LogP contribution is 2.25. The van der Waals surface area contributed by atoms with Gasteiger partial charge in [0.1, 0.15) is 0 Å². The summed E-state index contributed by atoms with van der Waals surface area (Å²) in [6.07, 6.45) is 1.47. The zero-order chi connectivity index (χ0) is 14.7. The summed E-state index contributed by atoms with van der Waals surface area (Å²) in [5.74, 6) is -0.00157. The van der Waals surface area contributed by atoms with E-state index in [1.54, 1.807) is 0 Å². The molecule has 3 nitrogen and oxygen atoms in total. The summed E-state index contributed by atoms with van der Waals surface area (Å²) in [5, 5.41) is 0. The quantitative estimate of drug-likeness (QED) is 0.661. The standard InChI is InChI=1S/C17H20N2O/c1-3-11-13(7-5-9-15(11)18)17(20)14-8-6-10-16(19)12(14)4-2/h5-10H,3-4,18-19H2,1-2H3. The Morgan fingerprint density at radius 2 is 1.25 bits per heavy atom. The molecule has 0 aliphatic rings. The first kappa shape index (κ1) is 14.1. The van der Waals surface area contributed by atoms with Gasteiger partial charge in [0, 0.05) is 22.5 Å². The van der Waals surface area contributed by atoms with Gasteiger partial charge in [0.2, 0.25) is 0 Å². The molecular weight excluding hydrogens is 248 g/mol. The van der Waals surface area contributed by atoms with E-state index in [1.807, 2.05) is 50.2 Å². The zero-order valence-corrected chi connectivity index (χ0v) is 11.9. The molecule has 0 aliphatic carbocycles. The molecule has 0 heterocycles. The van der Waals surface area contributed by atoms with E-state index in [0.717, 1.165) is 24.0 Å². The molecule has 104 valence electrons. The molecule has 20 heavy (non-hydrogen) atoms. The number of nitrogen functional groups attached to an aromatic ring is 2. The average molecular weight is 268 g/mol. The fourth-order valence-corrected chi connectivity index (χ4v) is 2.57. The van der Waals surface area contributed by atoms with Gasteiger partial charge in [-0.15, -0.1) is 0 Å². The largest absolute Gasteiger partial charge is 0.398 e. The molecule has 4 N–H and O–H groups in total. The predicted octanol–water partition coefficient (Wildman–Crippen LogP) is 3.21. The number of carbonyl (C=O) groups is 1. The van der Waals surface area contributed by atoms with Crippen LogP contribution in [0.1, 0.15) is 40.9 Å². The van der Waals surface area contributed by atoms with Crippen molar-refractivity contribution in [3.8, 4) is 0 Å². The third-order valence-electron chi connectivity index (χ3n) is 3.62. The third-order valence-corrected chi connectivity index (χ3v) is 3.62. The summed E-state index contributed by atoms with van der Waals surface area (Å²) in [6, 6.07) is 11.0. The number of hydrogen-bond acceptors (Lipinski definition) is 3. The summed E-state index contributed by atoms with van der Waals surface area (Å²) < 4.78 is 0. The lowest BCUT2D eigenvalue weighted by atomic mass is 9.92. The molecule has 2 rings (SSSR count). The molecule has 0 spiro atoms. The third kappa shape index (κ3) is 2.39. The monoisotopic (exact) mass is 268 g/mol. The number of benzene rings is 2. The lowest BCUT2D eigenvalue weighted by molar-refractivity contribution is 0.103. The van der Waals surface area contributed by atoms with Crippen LogP contribution in [0.3, 0.4) is 0 Å². The Kier molecular flexibility index (Phi) is 4.08. The van der Waals surface area contributed by atoms with Gasteiger partial charge in [-0.05, 0) is 36.1 Å². The first-order valence-corrected chi connectivity index (χ1v) is 6.89. The molecule has 0 aromatic heterocycles. The maximum Gasteiger partial charge on any atom is 0.193 e. The van der Waals surface area contributed by atoms with Crippen LogP contribution in [0.15, 0.2) is 36.4 Å². The molecule has 0 unspecified atom stereocenters. The number of ketones is 1. The molecular formula is C17H20N2O. The Morgan fingerprint density at radius 3 is 1.60 bits per heavy atom. The van der Waals surface area contributed by atoms with Crippen LogP contribution in [-0.2, 0) is 12.8 Å². The first-order chi connectivity index (χ1) is 9.60. The van der Waals surface area contributed by atoms with Crippen LogP contribution in [0.2, 0.25) is 0 Å². The fourth-order valence-electron chi connectivity index (χ4n) is 2.57. The van der Waals surface area contributed by atoms with E-state index in [1.165, 1.54) is 0 Å². The number of anilines is 2. The molecule has 0 atom stereocenters. The van der Waals surface area contributed by atoms with E-state index in [4.69, 9.17) is 11.5 Å². The van der Waals surface area contributed by atoms with E-state index in [9.17, 15) is 4.79 Å². The highest BCUT2D eigenvalue weighted by Gasteiger charge is 2.18. The van der Waals surface area contributed by atoms with Gasteiger partial charge in [-0.1, -0.05) is 38.1 Å². The Labute approximate surface area is 119 Å². The van der Waals surface area contributed by atoms with E-state index in [-0.39, 0.29) is 5.78 Å². The van der Waals surface area contributed by atoms with E-state index < -0.39 is 0 Å². The van der Waals surface area contributed by atoms with Crippen molar-refractivity contribution in [1.82, 2.24) is 0 Å². The van der Waals surface area contributed by atoms with Crippen LogP contribution in [0.5, 0.6) is 0 Å². The predicted molar refractivity (Wildman–Crippen MR) is 83.9 cm³/mol. The van der Waals surface area contributed by atoms with Gasteiger partial charge in [-0.3, -0.25) is 4.79 Å². The summed E-state index contributed by atoms with van der Waals surface area (Å²) in [6.45, 7) is 4.01. The van der Waals surface area contributed by atoms with Crippen molar-refractivity contribution in [1.29, 1.82) is 0 Å². The van der Waals surface area contributed by atoms with Crippen LogP contribution in [0, 0.1) is 0 Å². The summed E-state index contributed by atoms with van der Waals surface area (Å²) in [5.41, 5.74) is 16.4. The van der Waals surface area contributed by atoms with Crippen molar-refractivity contribution in [3.63, 3.8) is 0 Å². The van der Waals surface area contributed by atoms with Crippen LogP contribution in [0.4, 0.5) is 11.4 Å². The minimum absolute atomic E-state index is 0.00157. The zero-order valence-electron chi connectivity index (χ0n) is 11.9. The highest BCUT2D eigenvalue weighted by atomic mass is 16.1. The smallest absolute Gasteiger partial charge is 0.193 e. The maximum atomic E-state index is 12.8. The molecule has 2 aromatic carbocycles. The van der Waals surface area contributed by atoms with Gasteiger partial charge < -0.3 is 11.5 Å². The van der Waals surface area contributed by atoms with Gasteiger partial charge in [-0.25, -0.2) is 0 Å². The van der Waals surface area contributed by atoms with Crippen LogP contribution in [-0.4, -0.2) is 5.78 Å². The van der Waals surface area contributed by atoms with E-state index in [2.05, 4.69) is 0 Å². The molecule has 0 aliphatic heterocycles. The Bertz CT molecular complexity index is 592. The van der Waals surface area contributed by atoms with Crippen molar-refractivity contribution in [3.05, 3.63) is 58.7 Å². The molecule has 0 fully saturated rings.